The molecule has 3 N–H and O–H groups in total. The number of nitrogens with one attached hydrogen (secondary N) is 1. The molecule has 1 aromatic heterocycles. The minimum Gasteiger partial charge on any atom is -0.508 e. The van der Waals surface area contributed by atoms with Crippen LogP contribution in [-0.2, 0) is 12.0 Å². The highest BCUT2D eigenvalue weighted by Gasteiger charge is 2.46. The number of Topliss-reactive ketones (excluding diaryl/α,β-unsaturated/α-hetero) is 1. The second-order valence-electron chi connectivity index (χ2n) is 6.20. The molecule has 5 heteroatoms. The Morgan fingerprint density at radius 1 is 1.08 bits per heavy atom. The first kappa shape index (κ1) is 15.3. The summed E-state index contributed by atoms with van der Waals surface area (Å²) < 4.78 is 5.58. The van der Waals surface area contributed by atoms with Gasteiger partial charge in [0.25, 0.3) is 0 Å². The van der Waals surface area contributed by atoms with Crippen molar-refractivity contribution in [3.63, 3.8) is 0 Å². The Hall–Kier alpha value is -3.21. The number of rotatable bonds is 3. The van der Waals surface area contributed by atoms with Crippen molar-refractivity contribution in [3.8, 4) is 11.5 Å². The van der Waals surface area contributed by atoms with Crippen molar-refractivity contribution in [2.75, 3.05) is 5.32 Å². The van der Waals surface area contributed by atoms with Gasteiger partial charge in [-0.05, 0) is 48.7 Å². The minimum absolute atomic E-state index is 0.0944. The number of carbonyl (C=O) groups excluding carboxylic acids is 1. The van der Waals surface area contributed by atoms with Gasteiger partial charge >= 0.3 is 0 Å². The number of para-hydroxylation sites is 1. The van der Waals surface area contributed by atoms with Crippen LogP contribution in [0, 0.1) is 0 Å². The Morgan fingerprint density at radius 3 is 2.68 bits per heavy atom. The van der Waals surface area contributed by atoms with Crippen LogP contribution in [0.4, 0.5) is 5.69 Å². The van der Waals surface area contributed by atoms with E-state index in [9.17, 15) is 15.0 Å². The van der Waals surface area contributed by atoms with Crippen LogP contribution in [0.5, 0.6) is 11.5 Å². The fourth-order valence-corrected chi connectivity index (χ4v) is 3.41. The molecule has 4 rings (SSSR count). The van der Waals surface area contributed by atoms with E-state index in [1.54, 1.807) is 12.1 Å². The molecular weight excluding hydrogens is 318 g/mol. The molecule has 25 heavy (non-hydrogen) atoms. The number of hydrogen-bond donors (Lipinski definition) is 3. The lowest BCUT2D eigenvalue weighted by Gasteiger charge is -2.37. The number of phenols is 2. The standard InChI is InChI=1S/C20H17NO4/c22-14-7-8-15(17(23)12-14)19(24)20(18-6-3-11-25-18)10-9-13-4-1-2-5-16(13)21-20/h1-8,11-12,21-23H,9-10H2. The molecule has 0 saturated heterocycles. The fraction of sp³-hybridized carbons (Fsp3) is 0.150. The second kappa shape index (κ2) is 5.70. The van der Waals surface area contributed by atoms with Gasteiger partial charge in [-0.2, -0.15) is 0 Å². The fourth-order valence-electron chi connectivity index (χ4n) is 3.41. The van der Waals surface area contributed by atoms with Crippen LogP contribution in [0.1, 0.15) is 28.1 Å². The Kier molecular flexibility index (Phi) is 3.50. The van der Waals surface area contributed by atoms with E-state index in [0.717, 1.165) is 11.3 Å². The molecule has 1 unspecified atom stereocenters. The molecule has 0 amide bonds. The van der Waals surface area contributed by atoms with Crippen LogP contribution in [0.15, 0.2) is 65.3 Å². The molecule has 0 radical (unpaired) electrons. The van der Waals surface area contributed by atoms with Gasteiger partial charge < -0.3 is 19.9 Å². The number of benzene rings is 2. The maximum absolute atomic E-state index is 13.4. The SMILES string of the molecule is O=C(c1ccc(O)cc1O)C1(c2ccco2)CCc2ccccc2N1. The van der Waals surface area contributed by atoms with Crippen molar-refractivity contribution >= 4 is 11.5 Å². The average molecular weight is 335 g/mol. The first-order valence-electron chi connectivity index (χ1n) is 8.07. The van der Waals surface area contributed by atoms with Gasteiger partial charge in [0.1, 0.15) is 17.3 Å². The summed E-state index contributed by atoms with van der Waals surface area (Å²) in [5.74, 6) is -0.145. The largest absolute Gasteiger partial charge is 0.508 e. The number of aromatic hydroxyl groups is 2. The van der Waals surface area contributed by atoms with Gasteiger partial charge in [-0.3, -0.25) is 4.79 Å². The first-order chi connectivity index (χ1) is 12.1. The zero-order valence-corrected chi connectivity index (χ0v) is 13.4. The van der Waals surface area contributed by atoms with Crippen LogP contribution in [-0.4, -0.2) is 16.0 Å². The van der Waals surface area contributed by atoms with Crippen molar-refractivity contribution in [2.24, 2.45) is 0 Å². The average Bonchev–Trinajstić information content (AvgIpc) is 3.16. The maximum atomic E-state index is 13.4. The van der Waals surface area contributed by atoms with E-state index in [2.05, 4.69) is 5.32 Å². The van der Waals surface area contributed by atoms with Gasteiger partial charge in [0.05, 0.1) is 11.8 Å². The molecule has 2 aromatic carbocycles. The van der Waals surface area contributed by atoms with Gasteiger partial charge in [-0.1, -0.05) is 18.2 Å². The summed E-state index contributed by atoms with van der Waals surface area (Å²) in [6, 6.07) is 15.3. The van der Waals surface area contributed by atoms with E-state index in [4.69, 9.17) is 4.42 Å². The van der Waals surface area contributed by atoms with E-state index < -0.39 is 5.54 Å². The number of phenolic OH excluding ortho intramolecular Hbond substituents is 2. The van der Waals surface area contributed by atoms with Crippen molar-refractivity contribution < 1.29 is 19.4 Å². The zero-order valence-electron chi connectivity index (χ0n) is 13.4. The van der Waals surface area contributed by atoms with Gasteiger partial charge in [0, 0.05) is 11.8 Å². The van der Waals surface area contributed by atoms with E-state index in [1.807, 2.05) is 24.3 Å². The molecule has 3 aromatic rings. The third-order valence-electron chi connectivity index (χ3n) is 4.69. The quantitative estimate of drug-likeness (QED) is 0.634. The second-order valence-corrected chi connectivity index (χ2v) is 6.20. The molecule has 0 aliphatic carbocycles. The first-order valence-corrected chi connectivity index (χ1v) is 8.07. The molecule has 126 valence electrons. The number of hydrogen-bond acceptors (Lipinski definition) is 5. The highest BCUT2D eigenvalue weighted by molar-refractivity contribution is 6.07. The highest BCUT2D eigenvalue weighted by atomic mass is 16.3. The topological polar surface area (TPSA) is 82.7 Å². The van der Waals surface area contributed by atoms with Crippen LogP contribution in [0.2, 0.25) is 0 Å². The minimum atomic E-state index is -1.10. The van der Waals surface area contributed by atoms with Gasteiger partial charge in [0.2, 0.25) is 0 Å². The number of furan rings is 1. The molecule has 5 nitrogen and oxygen atoms in total. The number of aryl methyl sites for hydroxylation is 1. The van der Waals surface area contributed by atoms with Crippen LogP contribution in [0.25, 0.3) is 0 Å². The Morgan fingerprint density at radius 2 is 1.92 bits per heavy atom. The third kappa shape index (κ3) is 2.45. The Bertz CT molecular complexity index is 933. The summed E-state index contributed by atoms with van der Waals surface area (Å²) in [5, 5.41) is 23.0. The monoisotopic (exact) mass is 335 g/mol. The molecule has 1 aliphatic rings. The molecule has 0 fully saturated rings. The summed E-state index contributed by atoms with van der Waals surface area (Å²) in [6.07, 6.45) is 2.73. The molecule has 0 saturated carbocycles. The third-order valence-corrected chi connectivity index (χ3v) is 4.69. The molecule has 1 atom stereocenters. The molecular formula is C20H17NO4. The number of anilines is 1. The van der Waals surface area contributed by atoms with Crippen LogP contribution in [0.3, 0.4) is 0 Å². The Labute approximate surface area is 144 Å². The smallest absolute Gasteiger partial charge is 0.199 e. The number of ketones is 1. The molecule has 2 heterocycles. The summed E-state index contributed by atoms with van der Waals surface area (Å²) in [6.45, 7) is 0. The molecule has 0 bridgehead atoms. The molecule has 0 spiro atoms. The van der Waals surface area contributed by atoms with Crippen molar-refractivity contribution in [1.82, 2.24) is 0 Å². The van der Waals surface area contributed by atoms with Crippen LogP contribution >= 0.6 is 0 Å². The van der Waals surface area contributed by atoms with Gasteiger partial charge in [-0.15, -0.1) is 0 Å². The van der Waals surface area contributed by atoms with Crippen molar-refractivity contribution in [2.45, 2.75) is 18.4 Å². The summed E-state index contributed by atoms with van der Waals surface area (Å²) >= 11 is 0. The normalized spacial score (nSPS) is 19.0. The summed E-state index contributed by atoms with van der Waals surface area (Å²) in [4.78, 5) is 13.4. The van der Waals surface area contributed by atoms with Gasteiger partial charge in [0.15, 0.2) is 11.3 Å². The number of carbonyl (C=O) groups is 1. The van der Waals surface area contributed by atoms with Crippen LogP contribution < -0.4 is 5.32 Å². The van der Waals surface area contributed by atoms with E-state index in [1.165, 1.54) is 24.5 Å². The molecule has 1 aliphatic heterocycles. The Balaban J connectivity index is 1.84. The predicted molar refractivity (Wildman–Crippen MR) is 92.9 cm³/mol. The number of fused-ring (bicyclic) bond motifs is 1. The van der Waals surface area contributed by atoms with E-state index >= 15 is 0 Å². The highest BCUT2D eigenvalue weighted by Crippen LogP contribution is 2.41. The van der Waals surface area contributed by atoms with Crippen molar-refractivity contribution in [3.05, 3.63) is 77.7 Å². The van der Waals surface area contributed by atoms with Gasteiger partial charge in [-0.25, -0.2) is 0 Å². The lowest BCUT2D eigenvalue weighted by Crippen LogP contribution is -2.46. The predicted octanol–water partition coefficient (Wildman–Crippen LogP) is 3.83. The maximum Gasteiger partial charge on any atom is 0.199 e. The summed E-state index contributed by atoms with van der Waals surface area (Å²) in [5.41, 5.74) is 1.04. The van der Waals surface area contributed by atoms with E-state index in [0.29, 0.717) is 18.6 Å². The summed E-state index contributed by atoms with van der Waals surface area (Å²) in [7, 11) is 0. The lowest BCUT2D eigenvalue weighted by molar-refractivity contribution is 0.0871. The van der Waals surface area contributed by atoms with Crippen molar-refractivity contribution in [1.29, 1.82) is 0 Å². The zero-order chi connectivity index (χ0) is 17.4. The van der Waals surface area contributed by atoms with E-state index in [-0.39, 0.29) is 22.8 Å². The lowest BCUT2D eigenvalue weighted by atomic mass is 9.78.